The molecule has 0 saturated carbocycles. The van der Waals surface area contributed by atoms with Crippen molar-refractivity contribution in [3.63, 3.8) is 0 Å². The zero-order valence-electron chi connectivity index (χ0n) is 11.4. The molecule has 116 valence electrons. The van der Waals surface area contributed by atoms with Crippen molar-refractivity contribution >= 4 is 33.5 Å². The molecule has 7 nitrogen and oxygen atoms in total. The van der Waals surface area contributed by atoms with Gasteiger partial charge < -0.3 is 10.4 Å². The Bertz CT molecular complexity index is 630. The van der Waals surface area contributed by atoms with E-state index < -0.39 is 34.5 Å². The zero-order chi connectivity index (χ0) is 16.2. The van der Waals surface area contributed by atoms with E-state index in [1.807, 2.05) is 0 Å². The van der Waals surface area contributed by atoms with Gasteiger partial charge in [-0.1, -0.05) is 11.6 Å². The first-order valence-corrected chi connectivity index (χ1v) is 7.70. The minimum Gasteiger partial charge on any atom is -0.480 e. The number of hydrogen-bond donors (Lipinski definition) is 2. The van der Waals surface area contributed by atoms with Gasteiger partial charge in [-0.05, 0) is 31.2 Å². The minimum atomic E-state index is -3.84. The second kappa shape index (κ2) is 6.88. The van der Waals surface area contributed by atoms with Crippen LogP contribution >= 0.6 is 11.6 Å². The summed E-state index contributed by atoms with van der Waals surface area (Å²) in [4.78, 5) is 22.2. The first kappa shape index (κ1) is 17.4. The number of carbonyl (C=O) groups excluding carboxylic acids is 1. The van der Waals surface area contributed by atoms with Gasteiger partial charge in [0.15, 0.2) is 0 Å². The standard InChI is InChI=1S/C12H15ClN2O5S/c1-8(12(17)18)14-11(16)7-15(2)21(19,20)10-5-3-9(13)4-6-10/h3-6,8H,7H2,1-2H3,(H,14,16)(H,17,18)/t8-/m1/s1. The summed E-state index contributed by atoms with van der Waals surface area (Å²) in [5.74, 6) is -1.91. The second-order valence-electron chi connectivity index (χ2n) is 4.34. The zero-order valence-corrected chi connectivity index (χ0v) is 13.0. The summed E-state index contributed by atoms with van der Waals surface area (Å²) in [7, 11) is -2.61. The van der Waals surface area contributed by atoms with Crippen molar-refractivity contribution in [1.82, 2.24) is 9.62 Å². The lowest BCUT2D eigenvalue weighted by Crippen LogP contribution is -2.44. The van der Waals surface area contributed by atoms with Crippen LogP contribution in [0.25, 0.3) is 0 Å². The minimum absolute atomic E-state index is 0.00603. The molecular weight excluding hydrogens is 320 g/mol. The number of rotatable bonds is 6. The quantitative estimate of drug-likeness (QED) is 0.790. The molecule has 2 N–H and O–H groups in total. The van der Waals surface area contributed by atoms with Crippen molar-refractivity contribution in [2.75, 3.05) is 13.6 Å². The molecule has 21 heavy (non-hydrogen) atoms. The van der Waals surface area contributed by atoms with Crippen LogP contribution < -0.4 is 5.32 Å². The largest absolute Gasteiger partial charge is 0.480 e. The molecular formula is C12H15ClN2O5S. The maximum Gasteiger partial charge on any atom is 0.325 e. The van der Waals surface area contributed by atoms with E-state index in [2.05, 4.69) is 5.32 Å². The van der Waals surface area contributed by atoms with E-state index in [0.717, 1.165) is 4.31 Å². The van der Waals surface area contributed by atoms with E-state index in [0.29, 0.717) is 5.02 Å². The lowest BCUT2D eigenvalue weighted by Gasteiger charge is -2.18. The summed E-state index contributed by atoms with van der Waals surface area (Å²) < 4.78 is 25.2. The van der Waals surface area contributed by atoms with Gasteiger partial charge in [0.25, 0.3) is 0 Å². The number of nitrogens with zero attached hydrogens (tertiary/aromatic N) is 1. The fourth-order valence-electron chi connectivity index (χ4n) is 1.42. The maximum absolute atomic E-state index is 12.2. The Kier molecular flexibility index (Phi) is 5.70. The van der Waals surface area contributed by atoms with E-state index in [1.165, 1.54) is 38.2 Å². The number of hydrogen-bond acceptors (Lipinski definition) is 4. The Morgan fingerprint density at radius 3 is 2.33 bits per heavy atom. The summed E-state index contributed by atoms with van der Waals surface area (Å²) in [5.41, 5.74) is 0. The molecule has 9 heteroatoms. The molecule has 0 aromatic heterocycles. The molecule has 0 fully saturated rings. The Hall–Kier alpha value is -1.64. The van der Waals surface area contributed by atoms with E-state index in [1.54, 1.807) is 0 Å². The third kappa shape index (κ3) is 4.69. The average molecular weight is 335 g/mol. The molecule has 0 radical (unpaired) electrons. The predicted octanol–water partition coefficient (Wildman–Crippen LogP) is 0.550. The van der Waals surface area contributed by atoms with Crippen molar-refractivity contribution in [2.24, 2.45) is 0 Å². The van der Waals surface area contributed by atoms with Crippen molar-refractivity contribution in [3.05, 3.63) is 29.3 Å². The molecule has 1 aromatic carbocycles. The molecule has 1 rings (SSSR count). The van der Waals surface area contributed by atoms with Crippen LogP contribution in [0.4, 0.5) is 0 Å². The first-order valence-electron chi connectivity index (χ1n) is 5.88. The lowest BCUT2D eigenvalue weighted by atomic mass is 10.3. The van der Waals surface area contributed by atoms with Gasteiger partial charge in [0, 0.05) is 12.1 Å². The highest BCUT2D eigenvalue weighted by molar-refractivity contribution is 7.89. The Labute approximate surface area is 127 Å². The number of halogens is 1. The molecule has 0 heterocycles. The highest BCUT2D eigenvalue weighted by Gasteiger charge is 2.24. The van der Waals surface area contributed by atoms with Gasteiger partial charge in [0.05, 0.1) is 11.4 Å². The SMILES string of the molecule is C[C@@H](NC(=O)CN(C)S(=O)(=O)c1ccc(Cl)cc1)C(=O)O. The number of nitrogens with one attached hydrogen (secondary N) is 1. The van der Waals surface area contributed by atoms with Gasteiger partial charge in [0.2, 0.25) is 15.9 Å². The third-order valence-electron chi connectivity index (χ3n) is 2.64. The van der Waals surface area contributed by atoms with Gasteiger partial charge in [0.1, 0.15) is 6.04 Å². The van der Waals surface area contributed by atoms with E-state index in [4.69, 9.17) is 16.7 Å². The fourth-order valence-corrected chi connectivity index (χ4v) is 2.68. The molecule has 0 saturated heterocycles. The summed E-state index contributed by atoms with van der Waals surface area (Å²) in [6.07, 6.45) is 0. The topological polar surface area (TPSA) is 104 Å². The molecule has 0 aliphatic carbocycles. The van der Waals surface area contributed by atoms with E-state index in [-0.39, 0.29) is 4.90 Å². The van der Waals surface area contributed by atoms with Crippen molar-refractivity contribution in [1.29, 1.82) is 0 Å². The molecule has 1 aromatic rings. The smallest absolute Gasteiger partial charge is 0.325 e. The van der Waals surface area contributed by atoms with Crippen molar-refractivity contribution in [2.45, 2.75) is 17.9 Å². The Morgan fingerprint density at radius 1 is 1.33 bits per heavy atom. The number of likely N-dealkylation sites (N-methyl/N-ethyl adjacent to an activating group) is 1. The van der Waals surface area contributed by atoms with Crippen LogP contribution in [0.1, 0.15) is 6.92 Å². The first-order chi connectivity index (χ1) is 9.64. The summed E-state index contributed by atoms with van der Waals surface area (Å²) in [5, 5.41) is 11.2. The van der Waals surface area contributed by atoms with Crippen LogP contribution in [0.15, 0.2) is 29.2 Å². The number of benzene rings is 1. The van der Waals surface area contributed by atoms with Gasteiger partial charge in [-0.3, -0.25) is 9.59 Å². The summed E-state index contributed by atoms with van der Waals surface area (Å²) in [6, 6.07) is 4.41. The van der Waals surface area contributed by atoms with Crippen LogP contribution in [0.5, 0.6) is 0 Å². The second-order valence-corrected chi connectivity index (χ2v) is 6.82. The summed E-state index contributed by atoms with van der Waals surface area (Å²) in [6.45, 7) is 0.802. The molecule has 0 aliphatic rings. The van der Waals surface area contributed by atoms with E-state index in [9.17, 15) is 18.0 Å². The fraction of sp³-hybridized carbons (Fsp3) is 0.333. The van der Waals surface area contributed by atoms with Gasteiger partial charge >= 0.3 is 5.97 Å². The van der Waals surface area contributed by atoms with E-state index >= 15 is 0 Å². The van der Waals surface area contributed by atoms with Crippen molar-refractivity contribution < 1.29 is 23.1 Å². The highest BCUT2D eigenvalue weighted by atomic mass is 35.5. The predicted molar refractivity (Wildman–Crippen MR) is 76.5 cm³/mol. The number of carboxylic acid groups (broad SMARTS) is 1. The average Bonchev–Trinajstić information content (AvgIpc) is 2.38. The number of amides is 1. The normalized spacial score (nSPS) is 13.0. The number of carbonyl (C=O) groups is 2. The number of sulfonamides is 1. The molecule has 0 spiro atoms. The molecule has 1 amide bonds. The Balaban J connectivity index is 2.78. The van der Waals surface area contributed by atoms with Gasteiger partial charge in [-0.2, -0.15) is 4.31 Å². The lowest BCUT2D eigenvalue weighted by molar-refractivity contribution is -0.141. The summed E-state index contributed by atoms with van der Waals surface area (Å²) >= 11 is 5.68. The molecule has 0 unspecified atom stereocenters. The molecule has 0 bridgehead atoms. The van der Waals surface area contributed by atoms with Crippen LogP contribution in [0, 0.1) is 0 Å². The number of aliphatic carboxylic acids is 1. The van der Waals surface area contributed by atoms with Crippen LogP contribution in [0.2, 0.25) is 5.02 Å². The molecule has 0 aliphatic heterocycles. The van der Waals surface area contributed by atoms with Crippen LogP contribution in [-0.4, -0.2) is 49.3 Å². The number of carboxylic acids is 1. The highest BCUT2D eigenvalue weighted by Crippen LogP contribution is 2.17. The van der Waals surface area contributed by atoms with Gasteiger partial charge in [-0.25, -0.2) is 8.42 Å². The Morgan fingerprint density at radius 2 is 1.86 bits per heavy atom. The van der Waals surface area contributed by atoms with Crippen LogP contribution in [-0.2, 0) is 19.6 Å². The van der Waals surface area contributed by atoms with Crippen LogP contribution in [0.3, 0.4) is 0 Å². The van der Waals surface area contributed by atoms with Gasteiger partial charge in [-0.15, -0.1) is 0 Å². The molecule has 1 atom stereocenters. The maximum atomic E-state index is 12.2. The third-order valence-corrected chi connectivity index (χ3v) is 4.71. The van der Waals surface area contributed by atoms with Crippen molar-refractivity contribution in [3.8, 4) is 0 Å². The monoisotopic (exact) mass is 334 g/mol.